The van der Waals surface area contributed by atoms with Crippen molar-refractivity contribution in [3.63, 3.8) is 0 Å². The Morgan fingerprint density at radius 3 is 2.49 bits per heavy atom. The molecule has 0 bridgehead atoms. The lowest BCUT2D eigenvalue weighted by Crippen LogP contribution is -2.41. The van der Waals surface area contributed by atoms with E-state index < -0.39 is 24.3 Å². The van der Waals surface area contributed by atoms with Crippen molar-refractivity contribution in [3.8, 4) is 0 Å². The molecule has 0 radical (unpaired) electrons. The minimum atomic E-state index is -0.634. The van der Waals surface area contributed by atoms with Gasteiger partial charge in [0.05, 0.1) is 31.0 Å². The highest BCUT2D eigenvalue weighted by molar-refractivity contribution is 6.62. The molecule has 10 heteroatoms. The monoisotopic (exact) mass is 481 g/mol. The summed E-state index contributed by atoms with van der Waals surface area (Å²) >= 11 is 0. The molecule has 1 atom stereocenters. The van der Waals surface area contributed by atoms with E-state index in [1.807, 2.05) is 38.3 Å². The molecular weight excluding hydrogens is 452 g/mol. The van der Waals surface area contributed by atoms with Gasteiger partial charge in [0.2, 0.25) is 0 Å². The van der Waals surface area contributed by atoms with Crippen molar-refractivity contribution in [2.75, 3.05) is 13.7 Å². The fourth-order valence-corrected chi connectivity index (χ4v) is 4.23. The van der Waals surface area contributed by atoms with Crippen LogP contribution in [0.3, 0.4) is 0 Å². The number of esters is 1. The van der Waals surface area contributed by atoms with Crippen LogP contribution in [0.5, 0.6) is 0 Å². The van der Waals surface area contributed by atoms with Crippen molar-refractivity contribution in [2.24, 2.45) is 0 Å². The molecule has 0 amide bonds. The number of fused-ring (bicyclic) bond motifs is 1. The van der Waals surface area contributed by atoms with Crippen LogP contribution in [0.25, 0.3) is 11.2 Å². The van der Waals surface area contributed by atoms with Gasteiger partial charge in [-0.1, -0.05) is 12.1 Å². The van der Waals surface area contributed by atoms with Crippen LogP contribution in [0.1, 0.15) is 56.0 Å². The molecule has 2 aliphatic rings. The van der Waals surface area contributed by atoms with Crippen LogP contribution in [-0.4, -0.2) is 58.6 Å². The Hall–Kier alpha value is -2.82. The first-order valence-corrected chi connectivity index (χ1v) is 11.8. The first-order chi connectivity index (χ1) is 16.6. The van der Waals surface area contributed by atoms with E-state index >= 15 is 4.39 Å². The summed E-state index contributed by atoms with van der Waals surface area (Å²) in [5.74, 6) is -0.239. The minimum Gasteiger partial charge on any atom is -0.464 e. The normalized spacial score (nSPS) is 20.7. The predicted octanol–water partition coefficient (Wildman–Crippen LogP) is 3.04. The zero-order valence-corrected chi connectivity index (χ0v) is 20.6. The van der Waals surface area contributed by atoms with Crippen LogP contribution in [0.4, 0.5) is 4.39 Å². The lowest BCUT2D eigenvalue weighted by atomic mass is 9.78. The van der Waals surface area contributed by atoms with E-state index in [4.69, 9.17) is 23.8 Å². The molecule has 0 spiro atoms. The van der Waals surface area contributed by atoms with Gasteiger partial charge in [-0.15, -0.1) is 0 Å². The van der Waals surface area contributed by atoms with Gasteiger partial charge < -0.3 is 23.3 Å². The van der Waals surface area contributed by atoms with E-state index in [9.17, 15) is 4.79 Å². The summed E-state index contributed by atoms with van der Waals surface area (Å²) in [6.07, 6.45) is 1.21. The number of carbonyl (C=O) groups is 1. The van der Waals surface area contributed by atoms with Crippen LogP contribution < -0.4 is 5.46 Å². The van der Waals surface area contributed by atoms with E-state index in [2.05, 4.69) is 4.98 Å². The lowest BCUT2D eigenvalue weighted by molar-refractivity contribution is -0.0590. The maximum Gasteiger partial charge on any atom is 0.494 e. The third kappa shape index (κ3) is 4.35. The number of methoxy groups -OCH3 is 1. The highest BCUT2D eigenvalue weighted by Gasteiger charge is 2.51. The van der Waals surface area contributed by atoms with Gasteiger partial charge >= 0.3 is 13.1 Å². The molecule has 4 heterocycles. The van der Waals surface area contributed by atoms with Gasteiger partial charge in [-0.25, -0.2) is 19.2 Å². The van der Waals surface area contributed by atoms with E-state index in [1.54, 1.807) is 18.2 Å². The Morgan fingerprint density at radius 1 is 1.17 bits per heavy atom. The lowest BCUT2D eigenvalue weighted by Gasteiger charge is -2.32. The number of aromatic nitrogens is 3. The van der Waals surface area contributed by atoms with Crippen molar-refractivity contribution in [1.29, 1.82) is 0 Å². The molecule has 0 N–H and O–H groups in total. The molecule has 1 aromatic carbocycles. The summed E-state index contributed by atoms with van der Waals surface area (Å²) in [5, 5.41) is 0. The van der Waals surface area contributed by atoms with Crippen molar-refractivity contribution in [2.45, 2.75) is 64.4 Å². The number of halogens is 1. The van der Waals surface area contributed by atoms with Gasteiger partial charge in [0.1, 0.15) is 17.2 Å². The number of carbonyl (C=O) groups excluding carboxylic acids is 1. The Bertz CT molecular complexity index is 1270. The molecule has 0 saturated carbocycles. The number of hydrogen-bond acceptors (Lipinski definition) is 7. The fourth-order valence-electron chi connectivity index (χ4n) is 4.23. The second kappa shape index (κ2) is 8.69. The van der Waals surface area contributed by atoms with Gasteiger partial charge in [-0.05, 0) is 63.3 Å². The molecule has 184 valence electrons. The molecule has 8 nitrogen and oxygen atoms in total. The highest BCUT2D eigenvalue weighted by Crippen LogP contribution is 2.36. The molecule has 0 aliphatic carbocycles. The average Bonchev–Trinajstić information content (AvgIpc) is 3.23. The number of ether oxygens (including phenoxy) is 2. The number of pyridine rings is 1. The first kappa shape index (κ1) is 23.9. The smallest absolute Gasteiger partial charge is 0.464 e. The van der Waals surface area contributed by atoms with Crippen molar-refractivity contribution in [1.82, 2.24) is 14.5 Å². The van der Waals surface area contributed by atoms with Gasteiger partial charge in [-0.3, -0.25) is 0 Å². The molecule has 2 aliphatic heterocycles. The summed E-state index contributed by atoms with van der Waals surface area (Å²) < 4.78 is 39.7. The molecule has 2 aromatic heterocycles. The number of hydrogen-bond donors (Lipinski definition) is 0. The Labute approximate surface area is 203 Å². The zero-order valence-electron chi connectivity index (χ0n) is 20.6. The summed E-state index contributed by atoms with van der Waals surface area (Å²) in [6.45, 7) is 9.10. The number of nitrogens with zero attached hydrogens (tertiary/aromatic N) is 3. The van der Waals surface area contributed by atoms with Gasteiger partial charge in [0.25, 0.3) is 0 Å². The van der Waals surface area contributed by atoms with Crippen LogP contribution in [0.2, 0.25) is 0 Å². The van der Waals surface area contributed by atoms with E-state index in [-0.39, 0.29) is 24.0 Å². The van der Waals surface area contributed by atoms with Crippen LogP contribution in [0, 0.1) is 5.82 Å². The maximum absolute atomic E-state index is 15.3. The Morgan fingerprint density at radius 2 is 1.89 bits per heavy atom. The van der Waals surface area contributed by atoms with E-state index in [0.29, 0.717) is 41.2 Å². The topological polar surface area (TPSA) is 84.7 Å². The van der Waals surface area contributed by atoms with Crippen molar-refractivity contribution >= 4 is 29.7 Å². The summed E-state index contributed by atoms with van der Waals surface area (Å²) in [5.41, 5.74) is 1.48. The maximum atomic E-state index is 15.3. The van der Waals surface area contributed by atoms with Crippen molar-refractivity contribution < 1.29 is 28.0 Å². The number of imidazole rings is 1. The van der Waals surface area contributed by atoms with Crippen LogP contribution in [-0.2, 0) is 31.7 Å². The largest absolute Gasteiger partial charge is 0.494 e. The second-order valence-electron chi connectivity index (χ2n) is 10.1. The third-order valence-electron chi connectivity index (χ3n) is 7.20. The molecule has 0 unspecified atom stereocenters. The van der Waals surface area contributed by atoms with Crippen molar-refractivity contribution in [3.05, 3.63) is 53.2 Å². The highest BCUT2D eigenvalue weighted by atomic mass is 19.1. The average molecular weight is 481 g/mol. The molecule has 2 fully saturated rings. The standard InChI is InChI=1S/C25H29BFN3O5/c1-24(2)25(3,4)35-26(34-24)16-7-6-15(18(27)13-16)12-21-28-19-8-9-20(23(31)32-5)29-22(19)30(21)14-17-10-11-33-17/h6-9,13,17H,10-12,14H2,1-5H3/t17-/m0/s1. The summed E-state index contributed by atoms with van der Waals surface area (Å²) in [7, 11) is 0.680. The summed E-state index contributed by atoms with van der Waals surface area (Å²) in [6, 6.07) is 8.35. The molecule has 5 rings (SSSR count). The SMILES string of the molecule is COC(=O)c1ccc2nc(Cc3ccc(B4OC(C)(C)C(C)(C)O4)cc3F)n(C[C@@H]3CCO3)c2n1. The second-order valence-corrected chi connectivity index (χ2v) is 10.1. The van der Waals surface area contributed by atoms with E-state index in [1.165, 1.54) is 13.2 Å². The Balaban J connectivity index is 1.45. The van der Waals surface area contributed by atoms with Gasteiger partial charge in [-0.2, -0.15) is 0 Å². The minimum absolute atomic E-state index is 0.0327. The third-order valence-corrected chi connectivity index (χ3v) is 7.20. The molecule has 3 aromatic rings. The zero-order chi connectivity index (χ0) is 25.0. The first-order valence-electron chi connectivity index (χ1n) is 11.8. The summed E-state index contributed by atoms with van der Waals surface area (Å²) in [4.78, 5) is 21.2. The predicted molar refractivity (Wildman–Crippen MR) is 128 cm³/mol. The molecule has 2 saturated heterocycles. The van der Waals surface area contributed by atoms with Gasteiger partial charge in [0, 0.05) is 13.0 Å². The number of benzene rings is 1. The van der Waals surface area contributed by atoms with E-state index in [0.717, 1.165) is 6.42 Å². The van der Waals surface area contributed by atoms with Gasteiger partial charge in [0.15, 0.2) is 11.3 Å². The fraction of sp³-hybridized carbons (Fsp3) is 0.480. The van der Waals surface area contributed by atoms with Crippen LogP contribution >= 0.6 is 0 Å². The Kier molecular flexibility index (Phi) is 5.93. The molecule has 35 heavy (non-hydrogen) atoms. The number of rotatable bonds is 6. The van der Waals surface area contributed by atoms with Crippen LogP contribution in [0.15, 0.2) is 30.3 Å². The quantitative estimate of drug-likeness (QED) is 0.395. The molecular formula is C25H29BFN3O5.